The Hall–Kier alpha value is -3.48. The second-order valence-corrected chi connectivity index (χ2v) is 7.16. The molecule has 0 saturated carbocycles. The Bertz CT molecular complexity index is 1060. The molecule has 1 unspecified atom stereocenters. The third kappa shape index (κ3) is 5.11. The van der Waals surface area contributed by atoms with Crippen molar-refractivity contribution in [1.29, 1.82) is 5.26 Å². The Kier molecular flexibility index (Phi) is 6.61. The van der Waals surface area contributed by atoms with Gasteiger partial charge in [-0.2, -0.15) is 20.3 Å². The lowest BCUT2D eigenvalue weighted by atomic mass is 10.2. The number of aliphatic hydroxyl groups is 1. The van der Waals surface area contributed by atoms with Gasteiger partial charge in [-0.3, -0.25) is 0 Å². The first-order valence-corrected chi connectivity index (χ1v) is 9.53. The molecule has 0 amide bonds. The van der Waals surface area contributed by atoms with Gasteiger partial charge in [-0.05, 0) is 25.0 Å². The smallest absolute Gasteiger partial charge is 0.226 e. The van der Waals surface area contributed by atoms with Crippen molar-refractivity contribution in [3.63, 3.8) is 0 Å². The lowest BCUT2D eigenvalue weighted by molar-refractivity contribution is 0.186. The summed E-state index contributed by atoms with van der Waals surface area (Å²) in [5.74, 6) is 1.92. The van der Waals surface area contributed by atoms with E-state index in [-0.39, 0.29) is 12.4 Å². The fourth-order valence-corrected chi connectivity index (χ4v) is 2.64. The van der Waals surface area contributed by atoms with Gasteiger partial charge in [0.25, 0.3) is 0 Å². The monoisotopic (exact) mass is 408 g/mol. The second-order valence-electron chi connectivity index (χ2n) is 7.16. The maximum atomic E-state index is 9.94. The van der Waals surface area contributed by atoms with Gasteiger partial charge in [0.05, 0.1) is 36.6 Å². The molecule has 0 spiro atoms. The number of nitrogens with zero attached hydrogens (tertiary/aromatic N) is 5. The van der Waals surface area contributed by atoms with E-state index >= 15 is 0 Å². The van der Waals surface area contributed by atoms with Gasteiger partial charge in [0.15, 0.2) is 5.75 Å². The Morgan fingerprint density at radius 2 is 2.00 bits per heavy atom. The van der Waals surface area contributed by atoms with Crippen molar-refractivity contribution in [2.24, 2.45) is 11.7 Å². The van der Waals surface area contributed by atoms with E-state index in [2.05, 4.69) is 21.1 Å². The van der Waals surface area contributed by atoms with Crippen LogP contribution in [0.3, 0.4) is 0 Å². The molecular weight excluding hydrogens is 384 g/mol. The Balaban J connectivity index is 1.96. The normalized spacial score (nSPS) is 11.9. The van der Waals surface area contributed by atoms with Gasteiger partial charge in [-0.25, -0.2) is 4.68 Å². The summed E-state index contributed by atoms with van der Waals surface area (Å²) in [5.41, 5.74) is 7.09. The Labute approximate surface area is 174 Å². The van der Waals surface area contributed by atoms with Gasteiger partial charge >= 0.3 is 0 Å². The Morgan fingerprint density at radius 1 is 1.23 bits per heavy atom. The van der Waals surface area contributed by atoms with Gasteiger partial charge in [0, 0.05) is 24.4 Å². The molecule has 0 fully saturated rings. The summed E-state index contributed by atoms with van der Waals surface area (Å²) in [6.45, 7) is 6.44. The van der Waals surface area contributed by atoms with E-state index in [0.29, 0.717) is 46.8 Å². The molecule has 3 rings (SSSR count). The van der Waals surface area contributed by atoms with Crippen LogP contribution in [0, 0.1) is 24.2 Å². The maximum Gasteiger partial charge on any atom is 0.226 e. The summed E-state index contributed by atoms with van der Waals surface area (Å²) in [5, 5.41) is 23.5. The molecule has 0 radical (unpaired) electrons. The number of benzene rings is 1. The summed E-state index contributed by atoms with van der Waals surface area (Å²) in [6.07, 6.45) is 2.38. The first kappa shape index (κ1) is 21.2. The van der Waals surface area contributed by atoms with Crippen LogP contribution in [0.4, 0.5) is 0 Å². The van der Waals surface area contributed by atoms with E-state index in [0.717, 1.165) is 0 Å². The number of aliphatic hydroxyl groups excluding tert-OH is 1. The van der Waals surface area contributed by atoms with Gasteiger partial charge in [0.1, 0.15) is 11.5 Å². The molecule has 156 valence electrons. The third-order valence-corrected chi connectivity index (χ3v) is 4.12. The summed E-state index contributed by atoms with van der Waals surface area (Å²) in [6, 6.07) is 8.67. The minimum Gasteiger partial charge on any atom is -0.477 e. The third-order valence-electron chi connectivity index (χ3n) is 4.12. The fourth-order valence-electron chi connectivity index (χ4n) is 2.64. The number of hydrogen-bond donors (Lipinski definition) is 2. The molecule has 9 nitrogen and oxygen atoms in total. The van der Waals surface area contributed by atoms with E-state index in [1.165, 1.54) is 6.20 Å². The molecule has 0 aliphatic carbocycles. The van der Waals surface area contributed by atoms with Crippen LogP contribution < -0.4 is 15.2 Å². The highest BCUT2D eigenvalue weighted by atomic mass is 16.5. The molecule has 9 heteroatoms. The van der Waals surface area contributed by atoms with E-state index in [9.17, 15) is 10.4 Å². The quantitative estimate of drug-likeness (QED) is 0.581. The van der Waals surface area contributed by atoms with Crippen molar-refractivity contribution in [3.8, 4) is 29.3 Å². The number of rotatable bonds is 8. The fraction of sp³-hybridized carbons (Fsp3) is 0.333. The summed E-state index contributed by atoms with van der Waals surface area (Å²) in [4.78, 5) is 8.58. The van der Waals surface area contributed by atoms with E-state index in [1.807, 2.05) is 13.8 Å². The van der Waals surface area contributed by atoms with Crippen molar-refractivity contribution < 1.29 is 14.6 Å². The van der Waals surface area contributed by atoms with Crippen LogP contribution in [0.1, 0.15) is 36.9 Å². The molecule has 1 aromatic carbocycles. The minimum absolute atomic E-state index is 0.0851. The second kappa shape index (κ2) is 9.35. The van der Waals surface area contributed by atoms with Crippen molar-refractivity contribution in [2.75, 3.05) is 13.2 Å². The first-order chi connectivity index (χ1) is 14.4. The molecule has 30 heavy (non-hydrogen) atoms. The largest absolute Gasteiger partial charge is 0.477 e. The highest BCUT2D eigenvalue weighted by Gasteiger charge is 2.15. The molecule has 1 atom stereocenters. The molecule has 3 aromatic rings. The molecule has 0 aliphatic rings. The lowest BCUT2D eigenvalue weighted by Gasteiger charge is -2.13. The number of aromatic nitrogens is 4. The van der Waals surface area contributed by atoms with E-state index in [4.69, 9.17) is 15.2 Å². The van der Waals surface area contributed by atoms with Crippen molar-refractivity contribution in [3.05, 3.63) is 53.6 Å². The number of nitrogens with two attached hydrogens (primary N) is 1. The average Bonchev–Trinajstić information content (AvgIpc) is 3.21. The van der Waals surface area contributed by atoms with Gasteiger partial charge < -0.3 is 20.3 Å². The zero-order valence-corrected chi connectivity index (χ0v) is 17.1. The SMILES string of the molecule is Cc1nc(OCC(C)C)cc(Oc2cc(C#N)ccc2-n2cc(C(O)CN)cn2)n1. The van der Waals surface area contributed by atoms with E-state index < -0.39 is 6.10 Å². The van der Waals surface area contributed by atoms with Crippen LogP contribution in [-0.4, -0.2) is 38.0 Å². The highest BCUT2D eigenvalue weighted by molar-refractivity contribution is 5.52. The topological polar surface area (TPSA) is 132 Å². The van der Waals surface area contributed by atoms with Gasteiger partial charge in [-0.1, -0.05) is 13.8 Å². The van der Waals surface area contributed by atoms with Crippen LogP contribution >= 0.6 is 0 Å². The summed E-state index contributed by atoms with van der Waals surface area (Å²) in [7, 11) is 0. The molecule has 2 aromatic heterocycles. The van der Waals surface area contributed by atoms with E-state index in [1.54, 1.807) is 42.1 Å². The van der Waals surface area contributed by atoms with Crippen LogP contribution in [0.25, 0.3) is 5.69 Å². The molecule has 2 heterocycles. The highest BCUT2D eigenvalue weighted by Crippen LogP contribution is 2.30. The number of ether oxygens (including phenoxy) is 2. The van der Waals surface area contributed by atoms with Crippen molar-refractivity contribution in [1.82, 2.24) is 19.7 Å². The minimum atomic E-state index is -0.813. The predicted octanol–water partition coefficient (Wildman–Crippen LogP) is 2.66. The van der Waals surface area contributed by atoms with Crippen LogP contribution in [0.5, 0.6) is 17.5 Å². The van der Waals surface area contributed by atoms with Crippen molar-refractivity contribution in [2.45, 2.75) is 26.9 Å². The standard InChI is InChI=1S/C21H24N6O3/c1-13(2)12-29-20-7-21(26-14(3)25-20)30-19-6-15(8-22)4-5-17(19)27-11-16(10-24-27)18(28)9-23/h4-7,10-11,13,18,28H,9,12,23H2,1-3H3. The average molecular weight is 408 g/mol. The van der Waals surface area contributed by atoms with Crippen LogP contribution in [-0.2, 0) is 0 Å². The summed E-state index contributed by atoms with van der Waals surface area (Å²) < 4.78 is 13.2. The molecule has 0 saturated heterocycles. The maximum absolute atomic E-state index is 9.94. The van der Waals surface area contributed by atoms with Crippen molar-refractivity contribution >= 4 is 0 Å². The van der Waals surface area contributed by atoms with Crippen LogP contribution in [0.2, 0.25) is 0 Å². The van der Waals surface area contributed by atoms with Gasteiger partial charge in [-0.15, -0.1) is 0 Å². The zero-order chi connectivity index (χ0) is 21.7. The first-order valence-electron chi connectivity index (χ1n) is 9.53. The lowest BCUT2D eigenvalue weighted by Crippen LogP contribution is -2.10. The van der Waals surface area contributed by atoms with Crippen LogP contribution in [0.15, 0.2) is 36.7 Å². The van der Waals surface area contributed by atoms with Gasteiger partial charge in [0.2, 0.25) is 11.8 Å². The molecule has 0 aliphatic heterocycles. The molecular formula is C21H24N6O3. The number of aryl methyl sites for hydroxylation is 1. The molecule has 3 N–H and O–H groups in total. The predicted molar refractivity (Wildman–Crippen MR) is 109 cm³/mol. The Morgan fingerprint density at radius 3 is 2.70 bits per heavy atom. The number of nitriles is 1. The summed E-state index contributed by atoms with van der Waals surface area (Å²) >= 11 is 0. The zero-order valence-electron chi connectivity index (χ0n) is 17.1. The molecule has 0 bridgehead atoms. The number of hydrogen-bond acceptors (Lipinski definition) is 8.